The second-order valence-electron chi connectivity index (χ2n) is 34.8. The van der Waals surface area contributed by atoms with Crippen LogP contribution in [0.2, 0.25) is 0 Å². The number of rotatable bonds is 35. The van der Waals surface area contributed by atoms with Gasteiger partial charge in [0.25, 0.3) is 0 Å². The van der Waals surface area contributed by atoms with Gasteiger partial charge in [0.15, 0.2) is 0 Å². The van der Waals surface area contributed by atoms with Crippen molar-refractivity contribution in [3.63, 3.8) is 0 Å². The van der Waals surface area contributed by atoms with Crippen LogP contribution in [0, 0.1) is 23.7 Å². The molecular formula is C93H140N16O19. The number of aromatic hydroxyl groups is 1. The number of phenolic OH excluding ortho intramolecular Hbond substituents is 1. The van der Waals surface area contributed by atoms with Crippen molar-refractivity contribution in [3.05, 3.63) is 114 Å². The van der Waals surface area contributed by atoms with Gasteiger partial charge in [-0.2, -0.15) is 0 Å². The van der Waals surface area contributed by atoms with Crippen LogP contribution in [-0.4, -0.2) is 212 Å². The molecule has 2 heterocycles. The third-order valence-electron chi connectivity index (χ3n) is 22.5. The molecule has 16 atom stereocenters. The summed E-state index contributed by atoms with van der Waals surface area (Å²) >= 11 is 0. The maximum atomic E-state index is 15.3. The molecule has 0 saturated heterocycles. The van der Waals surface area contributed by atoms with Crippen LogP contribution in [0.25, 0.3) is 10.9 Å². The number of Topliss-reactive ketones (excluding diaryl/α,β-unsaturated/α-hetero) is 4. The number of carbonyl (C=O) groups is 17. The maximum Gasteiger partial charge on any atom is 0.246 e. The number of hydrogen-bond acceptors (Lipinski definition) is 21. The minimum atomic E-state index is -1.91. The van der Waals surface area contributed by atoms with Crippen molar-refractivity contribution in [3.8, 4) is 5.75 Å². The molecule has 4 aromatic rings. The SMILES string of the molecule is C.CCCC[C@H](CNC(C)C(=O)C(=O)C(C)NC(=O)[C@]1(C)CCC/C=C/CCCCCC[C@@](C)(NC(=O)[C@H](Cc2ccccc2)NC(=O)[C@@H](NC(=O)[C@H](CC(C)C)NC(C)=O)[C@@H](C)O)C(=O)NC(C)C(=O)N[C@@H](Cc2ccc(O)cc2)C(=O)N[C@@H](Cc2c[nH]c3ccccc23)C(=O)NC(C)C(=O)C(=O)[C@H](CCC(N)=O)NC[C@@H](CC(C)C)C(=O)N1)C(=O)NC(C)C(N)=O. The molecule has 0 bridgehead atoms. The minimum absolute atomic E-state index is 0. The number of amides is 13. The first-order chi connectivity index (χ1) is 59.9. The summed E-state index contributed by atoms with van der Waals surface area (Å²) in [5, 5.41) is 57.6. The molecule has 0 radical (unpaired) electrons. The molecule has 0 spiro atoms. The summed E-state index contributed by atoms with van der Waals surface area (Å²) in [4.78, 5) is 244. The average molecular weight is 1790 g/mol. The van der Waals surface area contributed by atoms with Crippen LogP contribution in [0.5, 0.6) is 5.75 Å². The smallest absolute Gasteiger partial charge is 0.246 e. The van der Waals surface area contributed by atoms with Crippen molar-refractivity contribution in [1.29, 1.82) is 0 Å². The summed E-state index contributed by atoms with van der Waals surface area (Å²) < 4.78 is 0. The second-order valence-corrected chi connectivity index (χ2v) is 34.8. The van der Waals surface area contributed by atoms with Gasteiger partial charge in [-0.1, -0.05) is 147 Å². The van der Waals surface area contributed by atoms with Crippen LogP contribution in [-0.2, 0) is 101 Å². The number of fused-ring (bicyclic) bond motifs is 1. The molecular weight excluding hydrogens is 1650 g/mol. The Labute approximate surface area is 751 Å². The van der Waals surface area contributed by atoms with Crippen LogP contribution in [0.4, 0.5) is 0 Å². The van der Waals surface area contributed by atoms with Crippen molar-refractivity contribution in [2.24, 2.45) is 35.1 Å². The Hall–Kier alpha value is -11.6. The molecule has 20 N–H and O–H groups in total. The number of nitrogens with two attached hydrogens (primary N) is 2. The zero-order valence-electron chi connectivity index (χ0n) is 75.8. The molecule has 0 saturated carbocycles. The topological polar surface area (TPSA) is 555 Å². The predicted molar refractivity (Wildman–Crippen MR) is 484 cm³/mol. The van der Waals surface area contributed by atoms with Crippen LogP contribution < -0.4 is 80.6 Å². The van der Waals surface area contributed by atoms with E-state index in [4.69, 9.17) is 11.5 Å². The molecule has 1 aromatic heterocycles. The Morgan fingerprint density at radius 2 is 1.20 bits per heavy atom. The highest BCUT2D eigenvalue weighted by Gasteiger charge is 2.43. The molecule has 35 heteroatoms. The quantitative estimate of drug-likeness (QED) is 0.0231. The third kappa shape index (κ3) is 35.6. The van der Waals surface area contributed by atoms with Crippen molar-refractivity contribution in [2.75, 3.05) is 13.1 Å². The summed E-state index contributed by atoms with van der Waals surface area (Å²) in [7, 11) is 0. The number of primary amides is 2. The monoisotopic (exact) mass is 1790 g/mol. The highest BCUT2D eigenvalue weighted by atomic mass is 16.3. The molecule has 35 nitrogen and oxygen atoms in total. The number of aliphatic hydroxyl groups excluding tert-OH is 1. The van der Waals surface area contributed by atoms with Crippen molar-refractivity contribution in [2.45, 2.75) is 310 Å². The Bertz CT molecular complexity index is 4480. The number of aromatic nitrogens is 1. The van der Waals surface area contributed by atoms with Crippen LogP contribution in [0.15, 0.2) is 97.2 Å². The number of unbranched alkanes of at least 4 members (excludes halogenated alkanes) is 1. The summed E-state index contributed by atoms with van der Waals surface area (Å²) in [5.41, 5.74) is 9.41. The molecule has 1 aliphatic rings. The molecule has 128 heavy (non-hydrogen) atoms. The van der Waals surface area contributed by atoms with Gasteiger partial charge in [-0.25, -0.2) is 0 Å². The minimum Gasteiger partial charge on any atom is -0.508 e. The maximum absolute atomic E-state index is 15.3. The Morgan fingerprint density at radius 1 is 0.586 bits per heavy atom. The zero-order valence-corrected chi connectivity index (χ0v) is 75.8. The fourth-order valence-corrected chi connectivity index (χ4v) is 14.8. The lowest BCUT2D eigenvalue weighted by Gasteiger charge is -2.33. The van der Waals surface area contributed by atoms with Gasteiger partial charge >= 0.3 is 0 Å². The number of aromatic amines is 1. The van der Waals surface area contributed by atoms with Crippen molar-refractivity contribution >= 4 is 111 Å². The first kappa shape index (κ1) is 109. The van der Waals surface area contributed by atoms with Gasteiger partial charge in [0.05, 0.1) is 42.1 Å². The Morgan fingerprint density at radius 3 is 1.83 bits per heavy atom. The average Bonchev–Trinajstić information content (AvgIpc) is 1.67. The van der Waals surface area contributed by atoms with E-state index in [0.29, 0.717) is 72.5 Å². The van der Waals surface area contributed by atoms with Gasteiger partial charge in [-0.05, 0) is 166 Å². The number of phenols is 1. The summed E-state index contributed by atoms with van der Waals surface area (Å²) in [6.45, 7) is 20.9. The number of ketones is 4. The van der Waals surface area contributed by atoms with E-state index in [9.17, 15) is 67.7 Å². The first-order valence-electron chi connectivity index (χ1n) is 44.1. The number of aliphatic hydroxyl groups is 1. The highest BCUT2D eigenvalue weighted by molar-refractivity contribution is 6.41. The van der Waals surface area contributed by atoms with Gasteiger partial charge in [0, 0.05) is 62.8 Å². The Kier molecular flexibility index (Phi) is 45.3. The number of para-hydroxylation sites is 1. The largest absolute Gasteiger partial charge is 0.508 e. The molecule has 5 rings (SSSR count). The van der Waals surface area contributed by atoms with Crippen molar-refractivity contribution in [1.82, 2.24) is 74.1 Å². The van der Waals surface area contributed by atoms with E-state index in [2.05, 4.69) is 74.1 Å². The zero-order chi connectivity index (χ0) is 94.6. The summed E-state index contributed by atoms with van der Waals surface area (Å²) in [6, 6.07) is 5.55. The number of benzene rings is 3. The standard InChI is InChI=1S/C92H136N16O19.CH4/c1-15-16-33-63(82(119)99-57(9)80(94)117)49-95-54(6)76(113)77(114)56(8)100-89(126)91(13)42-29-22-20-18-17-19-21-23-30-43-92(14,108-87(124)72(46-61-31-25-24-26-32-61)105-88(125)75(59(11)109)106-86(123)70(45-53(4)5)102-60(12)110)90(127)101-58(10)81(118)103-71(47-62-36-38-66(111)39-37-62)85(122)104-73(48-64-50-96-68-35-28-27-34-67(64)68)84(121)98-55(7)78(115)79(116)69(40-41-74(93)112)97-51-65(44-52(2)3)83(120)107-91;/h18,20,24-28,31-32,34-39,50,52-59,63,65,69-73,75,95-97,109,111H,15-17,19,21-23,29-30,33,40-49,51H2,1-14H3,(H2,93,112)(H2,94,117)(H,98,121)(H,99,119)(H,100,126)(H,101,127)(H,102,110)(H,103,118)(H,104,122)(H,105,125)(H,106,123)(H,107,120)(H,108,124);1H4/b20-18+;/t54?,55?,56?,57?,58?,59-,63-,65-,69+,70+,71+,72+,73+,75+,91+,92-;/m1./s1. The van der Waals surface area contributed by atoms with E-state index in [-0.39, 0.29) is 102 Å². The van der Waals surface area contributed by atoms with Gasteiger partial charge in [-0.3, -0.25) is 81.5 Å². The van der Waals surface area contributed by atoms with E-state index < -0.39 is 202 Å². The molecule has 0 fully saturated rings. The lowest BCUT2D eigenvalue weighted by Crippen LogP contribution is -2.64. The summed E-state index contributed by atoms with van der Waals surface area (Å²) in [5.74, 6) is -17.1. The number of allylic oxidation sites excluding steroid dienone is 2. The van der Waals surface area contributed by atoms with Crippen LogP contribution >= 0.6 is 0 Å². The molecule has 1 aliphatic heterocycles. The molecule has 3 aromatic carbocycles. The number of H-pyrrole nitrogens is 1. The first-order valence-corrected chi connectivity index (χ1v) is 44.1. The number of nitrogens with one attached hydrogen (secondary N) is 14. The second kappa shape index (κ2) is 53.3. The van der Waals surface area contributed by atoms with E-state index >= 15 is 24.0 Å². The lowest BCUT2D eigenvalue weighted by atomic mass is 9.89. The normalized spacial score (nSPS) is 22.4. The fourth-order valence-electron chi connectivity index (χ4n) is 14.8. The third-order valence-corrected chi connectivity index (χ3v) is 22.5. The molecule has 13 amide bonds. The van der Waals surface area contributed by atoms with Gasteiger partial charge < -0.3 is 95.8 Å². The fraction of sp³-hybridized carbons (Fsp3) is 0.581. The van der Waals surface area contributed by atoms with E-state index in [1.807, 2.05) is 46.8 Å². The Balaban J connectivity index is 0.0000343. The molecule has 706 valence electrons. The summed E-state index contributed by atoms with van der Waals surface area (Å²) in [6.07, 6.45) is 7.36. The van der Waals surface area contributed by atoms with Crippen LogP contribution in [0.3, 0.4) is 0 Å². The van der Waals surface area contributed by atoms with Crippen LogP contribution in [0.1, 0.15) is 224 Å². The molecule has 5 unspecified atom stereocenters. The van der Waals surface area contributed by atoms with Crippen molar-refractivity contribution < 1.29 is 91.7 Å². The predicted octanol–water partition coefficient (Wildman–Crippen LogP) is 3.69. The van der Waals surface area contributed by atoms with Gasteiger partial charge in [0.2, 0.25) is 99.9 Å². The van der Waals surface area contributed by atoms with E-state index in [0.717, 1.165) is 6.42 Å². The van der Waals surface area contributed by atoms with Gasteiger partial charge in [0.1, 0.15) is 59.1 Å². The van der Waals surface area contributed by atoms with E-state index in [1.165, 1.54) is 86.6 Å². The number of carbonyl (C=O) groups excluding carboxylic acids is 17. The lowest BCUT2D eigenvalue weighted by molar-refractivity contribution is -0.141. The molecule has 0 aliphatic carbocycles. The van der Waals surface area contributed by atoms with E-state index in [1.54, 1.807) is 60.8 Å². The highest BCUT2D eigenvalue weighted by Crippen LogP contribution is 2.25. The number of hydrogen-bond donors (Lipinski definition) is 18. The van der Waals surface area contributed by atoms with Gasteiger partial charge in [-0.15, -0.1) is 0 Å².